The Balaban J connectivity index is 2.06. The van der Waals surface area contributed by atoms with E-state index in [0.717, 1.165) is 0 Å². The zero-order valence-corrected chi connectivity index (χ0v) is 8.88. The summed E-state index contributed by atoms with van der Waals surface area (Å²) in [5.41, 5.74) is -1.04. The molecule has 1 aromatic rings. The van der Waals surface area contributed by atoms with E-state index in [0.29, 0.717) is 5.69 Å². The lowest BCUT2D eigenvalue weighted by Crippen LogP contribution is -2.46. The highest BCUT2D eigenvalue weighted by Crippen LogP contribution is 2.50. The minimum absolute atomic E-state index is 0.160. The fourth-order valence-electron chi connectivity index (χ4n) is 1.76. The molecule has 0 aliphatic heterocycles. The van der Waals surface area contributed by atoms with Crippen LogP contribution in [-0.2, 0) is 0 Å². The molecule has 5 heteroatoms. The van der Waals surface area contributed by atoms with Crippen molar-refractivity contribution in [2.75, 3.05) is 0 Å². The van der Waals surface area contributed by atoms with Crippen LogP contribution in [-0.4, -0.2) is 16.7 Å². The highest BCUT2D eigenvalue weighted by atomic mass is 19.4. The number of alkyl halides is 3. The third-order valence-electron chi connectivity index (χ3n) is 2.92. The van der Waals surface area contributed by atoms with E-state index in [-0.39, 0.29) is 18.9 Å². The molecule has 0 bridgehead atoms. The highest BCUT2D eigenvalue weighted by Gasteiger charge is 2.63. The van der Waals surface area contributed by atoms with Gasteiger partial charge in [-0.3, -0.25) is 10.3 Å². The van der Waals surface area contributed by atoms with Crippen LogP contribution in [0.15, 0.2) is 24.4 Å². The molecule has 1 aliphatic rings. The van der Waals surface area contributed by atoms with E-state index in [1.54, 1.807) is 31.3 Å². The lowest BCUT2D eigenvalue weighted by Gasteiger charge is -2.24. The Morgan fingerprint density at radius 2 is 2.06 bits per heavy atom. The first-order chi connectivity index (χ1) is 7.45. The van der Waals surface area contributed by atoms with E-state index in [1.807, 2.05) is 0 Å². The van der Waals surface area contributed by atoms with Gasteiger partial charge in [0.25, 0.3) is 0 Å². The van der Waals surface area contributed by atoms with Crippen LogP contribution in [0.25, 0.3) is 0 Å². The maximum Gasteiger partial charge on any atom is 0.406 e. The minimum atomic E-state index is -4.17. The van der Waals surface area contributed by atoms with Gasteiger partial charge in [0.15, 0.2) is 0 Å². The first-order valence-electron chi connectivity index (χ1n) is 5.20. The number of rotatable bonds is 3. The number of nitrogens with zero attached hydrogens (tertiary/aromatic N) is 1. The molecule has 0 radical (unpaired) electrons. The molecular formula is C11H13F3N2. The molecule has 1 saturated carbocycles. The number of halogens is 3. The maximum atomic E-state index is 12.7. The molecule has 1 heterocycles. The highest BCUT2D eigenvalue weighted by molar-refractivity contribution is 5.14. The summed E-state index contributed by atoms with van der Waals surface area (Å²) in [6.07, 6.45) is -2.27. The predicted molar refractivity (Wildman–Crippen MR) is 53.8 cm³/mol. The molecule has 16 heavy (non-hydrogen) atoms. The summed E-state index contributed by atoms with van der Waals surface area (Å²) < 4.78 is 38.1. The van der Waals surface area contributed by atoms with Gasteiger partial charge in [-0.1, -0.05) is 6.07 Å². The van der Waals surface area contributed by atoms with Crippen molar-refractivity contribution >= 4 is 0 Å². The van der Waals surface area contributed by atoms with Crippen LogP contribution in [0.2, 0.25) is 0 Å². The first-order valence-corrected chi connectivity index (χ1v) is 5.20. The number of pyridine rings is 1. The summed E-state index contributed by atoms with van der Waals surface area (Å²) in [6, 6.07) is 4.86. The second-order valence-electron chi connectivity index (χ2n) is 4.20. The predicted octanol–water partition coefficient (Wildman–Crippen LogP) is 2.83. The van der Waals surface area contributed by atoms with Gasteiger partial charge in [0.2, 0.25) is 0 Å². The molecular weight excluding hydrogens is 217 g/mol. The summed E-state index contributed by atoms with van der Waals surface area (Å²) in [4.78, 5) is 4.04. The summed E-state index contributed by atoms with van der Waals surface area (Å²) in [7, 11) is 0. The van der Waals surface area contributed by atoms with Crippen molar-refractivity contribution in [3.05, 3.63) is 30.1 Å². The quantitative estimate of drug-likeness (QED) is 0.863. The fraction of sp³-hybridized carbons (Fsp3) is 0.545. The third-order valence-corrected chi connectivity index (χ3v) is 2.92. The van der Waals surface area contributed by atoms with Crippen molar-refractivity contribution in [1.29, 1.82) is 0 Å². The van der Waals surface area contributed by atoms with Crippen molar-refractivity contribution in [3.63, 3.8) is 0 Å². The zero-order chi connectivity index (χ0) is 11.8. The molecule has 1 N–H and O–H groups in total. The van der Waals surface area contributed by atoms with Gasteiger partial charge in [-0.05, 0) is 31.9 Å². The van der Waals surface area contributed by atoms with Gasteiger partial charge in [-0.15, -0.1) is 0 Å². The Morgan fingerprint density at radius 1 is 1.38 bits per heavy atom. The lowest BCUT2D eigenvalue weighted by atomic mass is 10.1. The first kappa shape index (κ1) is 11.4. The van der Waals surface area contributed by atoms with Crippen molar-refractivity contribution in [2.24, 2.45) is 0 Å². The second kappa shape index (κ2) is 3.73. The number of hydrogen-bond acceptors (Lipinski definition) is 2. The second-order valence-corrected chi connectivity index (χ2v) is 4.20. The molecule has 1 fully saturated rings. The topological polar surface area (TPSA) is 24.9 Å². The molecule has 0 amide bonds. The van der Waals surface area contributed by atoms with Gasteiger partial charge < -0.3 is 0 Å². The van der Waals surface area contributed by atoms with Crippen molar-refractivity contribution in [2.45, 2.75) is 37.5 Å². The molecule has 0 spiro atoms. The van der Waals surface area contributed by atoms with Gasteiger partial charge in [-0.25, -0.2) is 0 Å². The van der Waals surface area contributed by atoms with Crippen LogP contribution in [0.3, 0.4) is 0 Å². The molecule has 1 atom stereocenters. The molecule has 0 aromatic carbocycles. The smallest absolute Gasteiger partial charge is 0.295 e. The molecule has 1 unspecified atom stereocenters. The van der Waals surface area contributed by atoms with Crippen LogP contribution in [0.4, 0.5) is 13.2 Å². The minimum Gasteiger partial charge on any atom is -0.295 e. The van der Waals surface area contributed by atoms with Crippen molar-refractivity contribution in [1.82, 2.24) is 10.3 Å². The summed E-state index contributed by atoms with van der Waals surface area (Å²) in [5, 5.41) is 2.64. The summed E-state index contributed by atoms with van der Waals surface area (Å²) in [5.74, 6) is 0. The van der Waals surface area contributed by atoms with E-state index in [1.165, 1.54) is 0 Å². The zero-order valence-electron chi connectivity index (χ0n) is 8.88. The molecule has 2 rings (SSSR count). The SMILES string of the molecule is CC(NC1(C(F)(F)F)CC1)c1ccccn1. The molecule has 1 aliphatic carbocycles. The van der Waals surface area contributed by atoms with Gasteiger partial charge in [0.05, 0.1) is 5.69 Å². The van der Waals surface area contributed by atoms with Crippen LogP contribution < -0.4 is 5.32 Å². The Morgan fingerprint density at radius 3 is 2.50 bits per heavy atom. The third kappa shape index (κ3) is 2.04. The van der Waals surface area contributed by atoms with Gasteiger partial charge in [-0.2, -0.15) is 13.2 Å². The number of hydrogen-bond donors (Lipinski definition) is 1. The Hall–Kier alpha value is -1.10. The van der Waals surface area contributed by atoms with Crippen LogP contribution >= 0.6 is 0 Å². The molecule has 88 valence electrons. The Kier molecular flexibility index (Phi) is 2.66. The maximum absolute atomic E-state index is 12.7. The average Bonchev–Trinajstić information content (AvgIpc) is 2.99. The number of aromatic nitrogens is 1. The molecule has 0 saturated heterocycles. The van der Waals surface area contributed by atoms with Crippen molar-refractivity contribution < 1.29 is 13.2 Å². The van der Waals surface area contributed by atoms with E-state index in [9.17, 15) is 13.2 Å². The summed E-state index contributed by atoms with van der Waals surface area (Å²) >= 11 is 0. The van der Waals surface area contributed by atoms with E-state index < -0.39 is 11.7 Å². The largest absolute Gasteiger partial charge is 0.406 e. The van der Waals surface area contributed by atoms with Gasteiger partial charge >= 0.3 is 6.18 Å². The van der Waals surface area contributed by atoms with E-state index in [2.05, 4.69) is 10.3 Å². The van der Waals surface area contributed by atoms with Gasteiger partial charge in [0.1, 0.15) is 5.54 Å². The Labute approximate surface area is 91.9 Å². The standard InChI is InChI=1S/C11H13F3N2/c1-8(9-4-2-3-7-15-9)16-10(5-6-10)11(12,13)14/h2-4,7-8,16H,5-6H2,1H3. The monoisotopic (exact) mass is 230 g/mol. The summed E-state index contributed by atoms with van der Waals surface area (Å²) in [6.45, 7) is 1.70. The normalized spacial score (nSPS) is 20.5. The van der Waals surface area contributed by atoms with E-state index in [4.69, 9.17) is 0 Å². The van der Waals surface area contributed by atoms with Gasteiger partial charge in [0, 0.05) is 12.2 Å². The average molecular weight is 230 g/mol. The Bertz CT molecular complexity index is 357. The van der Waals surface area contributed by atoms with Crippen LogP contribution in [0.5, 0.6) is 0 Å². The van der Waals surface area contributed by atoms with E-state index >= 15 is 0 Å². The molecule has 2 nitrogen and oxygen atoms in total. The lowest BCUT2D eigenvalue weighted by molar-refractivity contribution is -0.167. The van der Waals surface area contributed by atoms with Crippen LogP contribution in [0.1, 0.15) is 31.5 Å². The number of nitrogens with one attached hydrogen (secondary N) is 1. The van der Waals surface area contributed by atoms with Crippen molar-refractivity contribution in [3.8, 4) is 0 Å². The van der Waals surface area contributed by atoms with Crippen LogP contribution in [0, 0.1) is 0 Å². The fourth-order valence-corrected chi connectivity index (χ4v) is 1.76. The molecule has 1 aromatic heterocycles.